The van der Waals surface area contributed by atoms with E-state index < -0.39 is 11.7 Å². The van der Waals surface area contributed by atoms with Crippen molar-refractivity contribution >= 4 is 5.71 Å². The van der Waals surface area contributed by atoms with Gasteiger partial charge in [0.25, 0.3) is 0 Å². The molecule has 0 heterocycles. The number of nitrogens with one attached hydrogen (secondary N) is 1. The Balaban J connectivity index is 1.98. The molecule has 2 aromatic rings. The summed E-state index contributed by atoms with van der Waals surface area (Å²) in [6, 6.07) is 11.9. The van der Waals surface area contributed by atoms with Crippen LogP contribution in [0.15, 0.2) is 48.5 Å². The fourth-order valence-corrected chi connectivity index (χ4v) is 1.76. The third-order valence-electron chi connectivity index (χ3n) is 2.97. The molecule has 0 unspecified atom stereocenters. The summed E-state index contributed by atoms with van der Waals surface area (Å²) in [6.07, 6.45) is -4.32. The molecule has 0 aromatic heterocycles. The van der Waals surface area contributed by atoms with Crippen molar-refractivity contribution in [1.82, 2.24) is 0 Å². The molecule has 0 bridgehead atoms. The molecule has 0 saturated carbocycles. The maximum atomic E-state index is 12.4. The number of halogens is 3. The first-order chi connectivity index (χ1) is 9.86. The number of hydrogen-bond donors (Lipinski definition) is 1. The molecule has 0 spiro atoms. The van der Waals surface area contributed by atoms with Gasteiger partial charge in [-0.15, -0.1) is 0 Å². The molecule has 0 atom stereocenters. The summed E-state index contributed by atoms with van der Waals surface area (Å²) >= 11 is 0. The summed E-state index contributed by atoms with van der Waals surface area (Å²) in [7, 11) is 0. The Labute approximate surface area is 120 Å². The van der Waals surface area contributed by atoms with Crippen LogP contribution in [-0.4, -0.2) is 5.71 Å². The van der Waals surface area contributed by atoms with Gasteiger partial charge in [0.15, 0.2) is 0 Å². The van der Waals surface area contributed by atoms with Crippen LogP contribution in [0.25, 0.3) is 0 Å². The van der Waals surface area contributed by atoms with Crippen molar-refractivity contribution in [2.45, 2.75) is 19.7 Å². The lowest BCUT2D eigenvalue weighted by Crippen LogP contribution is -2.05. The van der Waals surface area contributed by atoms with Gasteiger partial charge in [-0.1, -0.05) is 12.1 Å². The van der Waals surface area contributed by atoms with E-state index in [0.29, 0.717) is 17.0 Å². The molecular formula is C16H14F3NO. The minimum atomic E-state index is -4.32. The molecule has 21 heavy (non-hydrogen) atoms. The fraction of sp³-hybridized carbons (Fsp3) is 0.188. The van der Waals surface area contributed by atoms with Crippen LogP contribution in [0.1, 0.15) is 23.6 Å². The van der Waals surface area contributed by atoms with Crippen molar-refractivity contribution in [3.8, 4) is 5.75 Å². The van der Waals surface area contributed by atoms with Gasteiger partial charge in [0, 0.05) is 5.71 Å². The second-order valence-electron chi connectivity index (χ2n) is 4.63. The molecule has 2 rings (SSSR count). The molecule has 0 radical (unpaired) electrons. The van der Waals surface area contributed by atoms with Gasteiger partial charge in [0.1, 0.15) is 12.4 Å². The van der Waals surface area contributed by atoms with Gasteiger partial charge in [-0.05, 0) is 54.4 Å². The lowest BCUT2D eigenvalue weighted by atomic mass is 10.1. The molecule has 2 nitrogen and oxygen atoms in total. The fourth-order valence-electron chi connectivity index (χ4n) is 1.76. The molecule has 0 amide bonds. The molecule has 0 fully saturated rings. The van der Waals surface area contributed by atoms with E-state index in [1.165, 1.54) is 12.1 Å². The van der Waals surface area contributed by atoms with Crippen LogP contribution in [-0.2, 0) is 12.8 Å². The largest absolute Gasteiger partial charge is 0.489 e. The summed E-state index contributed by atoms with van der Waals surface area (Å²) < 4.78 is 42.8. The zero-order chi connectivity index (χ0) is 15.5. The molecule has 1 N–H and O–H groups in total. The third-order valence-corrected chi connectivity index (χ3v) is 2.97. The summed E-state index contributed by atoms with van der Waals surface area (Å²) in [5.41, 5.74) is 1.26. The van der Waals surface area contributed by atoms with E-state index in [-0.39, 0.29) is 6.61 Å². The van der Waals surface area contributed by atoms with Gasteiger partial charge >= 0.3 is 6.18 Å². The number of rotatable bonds is 4. The SMILES string of the molecule is CC(=N)c1ccc(OCc2ccc(C(F)(F)F)cc2)cc1. The van der Waals surface area contributed by atoms with Crippen LogP contribution in [0.2, 0.25) is 0 Å². The van der Waals surface area contributed by atoms with Crippen LogP contribution in [0, 0.1) is 5.41 Å². The van der Waals surface area contributed by atoms with E-state index in [2.05, 4.69) is 0 Å². The third kappa shape index (κ3) is 4.08. The predicted octanol–water partition coefficient (Wildman–Crippen LogP) is 4.67. The van der Waals surface area contributed by atoms with Crippen LogP contribution in [0.5, 0.6) is 5.75 Å². The average molecular weight is 293 g/mol. The van der Waals surface area contributed by atoms with Crippen molar-refractivity contribution in [2.24, 2.45) is 0 Å². The molecule has 0 aliphatic carbocycles. The van der Waals surface area contributed by atoms with E-state index in [1.807, 2.05) is 0 Å². The smallest absolute Gasteiger partial charge is 0.416 e. The summed E-state index contributed by atoms with van der Waals surface area (Å²) in [4.78, 5) is 0. The number of alkyl halides is 3. The monoisotopic (exact) mass is 293 g/mol. The van der Waals surface area contributed by atoms with E-state index in [0.717, 1.165) is 17.7 Å². The van der Waals surface area contributed by atoms with Gasteiger partial charge in [0.05, 0.1) is 5.56 Å². The van der Waals surface area contributed by atoms with E-state index in [4.69, 9.17) is 10.1 Å². The average Bonchev–Trinajstić information content (AvgIpc) is 2.45. The molecule has 110 valence electrons. The molecule has 0 aliphatic rings. The first kappa shape index (κ1) is 15.1. The van der Waals surface area contributed by atoms with Crippen molar-refractivity contribution in [1.29, 1.82) is 5.41 Å². The Morgan fingerprint density at radius 1 is 1.00 bits per heavy atom. The van der Waals surface area contributed by atoms with Gasteiger partial charge in [-0.25, -0.2) is 0 Å². The zero-order valence-corrected chi connectivity index (χ0v) is 11.4. The number of benzene rings is 2. The van der Waals surface area contributed by atoms with Crippen molar-refractivity contribution in [2.75, 3.05) is 0 Å². The highest BCUT2D eigenvalue weighted by Gasteiger charge is 2.29. The standard InChI is InChI=1S/C16H14F3NO/c1-11(20)13-4-8-15(9-5-13)21-10-12-2-6-14(7-3-12)16(17,18)19/h2-9,20H,10H2,1H3. The molecule has 5 heteroatoms. The topological polar surface area (TPSA) is 33.1 Å². The minimum absolute atomic E-state index is 0.195. The first-order valence-corrected chi connectivity index (χ1v) is 6.31. The van der Waals surface area contributed by atoms with Gasteiger partial charge < -0.3 is 10.1 Å². The van der Waals surface area contributed by atoms with E-state index >= 15 is 0 Å². The van der Waals surface area contributed by atoms with Gasteiger partial charge in [-0.3, -0.25) is 0 Å². The number of hydrogen-bond acceptors (Lipinski definition) is 2. The van der Waals surface area contributed by atoms with E-state index in [9.17, 15) is 13.2 Å². The molecule has 0 aliphatic heterocycles. The van der Waals surface area contributed by atoms with Crippen LogP contribution >= 0.6 is 0 Å². The Morgan fingerprint density at radius 3 is 2.05 bits per heavy atom. The molecular weight excluding hydrogens is 279 g/mol. The highest BCUT2D eigenvalue weighted by Crippen LogP contribution is 2.29. The maximum Gasteiger partial charge on any atom is 0.416 e. The Bertz CT molecular complexity index is 615. The maximum absolute atomic E-state index is 12.4. The highest BCUT2D eigenvalue weighted by atomic mass is 19.4. The van der Waals surface area contributed by atoms with Gasteiger partial charge in [0.2, 0.25) is 0 Å². The predicted molar refractivity (Wildman–Crippen MR) is 74.7 cm³/mol. The van der Waals surface area contributed by atoms with Crippen LogP contribution in [0.3, 0.4) is 0 Å². The minimum Gasteiger partial charge on any atom is -0.489 e. The Hall–Kier alpha value is -2.30. The summed E-state index contributed by atoms with van der Waals surface area (Å²) in [6.45, 7) is 1.89. The zero-order valence-electron chi connectivity index (χ0n) is 11.4. The van der Waals surface area contributed by atoms with Crippen molar-refractivity contribution in [3.63, 3.8) is 0 Å². The number of ether oxygens (including phenoxy) is 1. The lowest BCUT2D eigenvalue weighted by Gasteiger charge is -2.09. The summed E-state index contributed by atoms with van der Waals surface area (Å²) in [5.74, 6) is 0.611. The molecule has 0 saturated heterocycles. The first-order valence-electron chi connectivity index (χ1n) is 6.31. The second-order valence-corrected chi connectivity index (χ2v) is 4.63. The van der Waals surface area contributed by atoms with Crippen molar-refractivity contribution < 1.29 is 17.9 Å². The summed E-state index contributed by atoms with van der Waals surface area (Å²) in [5, 5.41) is 7.48. The van der Waals surface area contributed by atoms with Crippen molar-refractivity contribution in [3.05, 3.63) is 65.2 Å². The van der Waals surface area contributed by atoms with Crippen LogP contribution < -0.4 is 4.74 Å². The van der Waals surface area contributed by atoms with E-state index in [1.54, 1.807) is 31.2 Å². The quantitative estimate of drug-likeness (QED) is 0.816. The molecule has 2 aromatic carbocycles. The van der Waals surface area contributed by atoms with Gasteiger partial charge in [-0.2, -0.15) is 13.2 Å². The Morgan fingerprint density at radius 2 is 1.57 bits per heavy atom. The lowest BCUT2D eigenvalue weighted by molar-refractivity contribution is -0.137. The van der Waals surface area contributed by atoms with Crippen LogP contribution in [0.4, 0.5) is 13.2 Å². The second kappa shape index (κ2) is 5.99. The highest BCUT2D eigenvalue weighted by molar-refractivity contribution is 5.96. The normalized spacial score (nSPS) is 11.2. The Kier molecular flexibility index (Phi) is 4.31.